The molecule has 106 valence electrons. The minimum absolute atomic E-state index is 0.507. The van der Waals surface area contributed by atoms with Crippen molar-refractivity contribution in [2.45, 2.75) is 19.4 Å². The Morgan fingerprint density at radius 1 is 1.32 bits per heavy atom. The second-order valence-corrected chi connectivity index (χ2v) is 6.30. The highest BCUT2D eigenvalue weighted by molar-refractivity contribution is 6.32. The summed E-state index contributed by atoms with van der Waals surface area (Å²) in [6.07, 6.45) is 2.55. The molecule has 1 aromatic rings. The third-order valence-electron chi connectivity index (χ3n) is 3.71. The zero-order chi connectivity index (χ0) is 13.8. The Labute approximate surface area is 125 Å². The summed E-state index contributed by atoms with van der Waals surface area (Å²) in [6, 6.07) is 3.54. The van der Waals surface area contributed by atoms with E-state index >= 15 is 0 Å². The Balaban J connectivity index is 1.87. The molecule has 0 atom stereocenters. The molecule has 0 amide bonds. The lowest BCUT2D eigenvalue weighted by atomic mass is 9.96. The van der Waals surface area contributed by atoms with Crippen molar-refractivity contribution >= 4 is 23.2 Å². The summed E-state index contributed by atoms with van der Waals surface area (Å²) in [5, 5.41) is 1.20. The van der Waals surface area contributed by atoms with Gasteiger partial charge in [-0.05, 0) is 58.1 Å². The van der Waals surface area contributed by atoms with Gasteiger partial charge in [0.1, 0.15) is 5.15 Å². The van der Waals surface area contributed by atoms with Crippen molar-refractivity contribution in [3.8, 4) is 0 Å². The average Bonchev–Trinajstić information content (AvgIpc) is 2.37. The predicted octanol–water partition coefficient (Wildman–Crippen LogP) is 3.16. The van der Waals surface area contributed by atoms with Gasteiger partial charge in [-0.15, -0.1) is 0 Å². The van der Waals surface area contributed by atoms with Crippen molar-refractivity contribution in [1.82, 2.24) is 14.8 Å². The Bertz CT molecular complexity index is 417. The smallest absolute Gasteiger partial charge is 0.129 e. The van der Waals surface area contributed by atoms with E-state index in [-0.39, 0.29) is 0 Å². The summed E-state index contributed by atoms with van der Waals surface area (Å²) < 4.78 is 0. The molecule has 3 nitrogen and oxygen atoms in total. The maximum Gasteiger partial charge on any atom is 0.129 e. The molecule has 1 aliphatic rings. The minimum atomic E-state index is 0.507. The fourth-order valence-corrected chi connectivity index (χ4v) is 2.90. The minimum Gasteiger partial charge on any atom is -0.306 e. The van der Waals surface area contributed by atoms with Crippen molar-refractivity contribution in [1.29, 1.82) is 0 Å². The molecule has 1 aliphatic heterocycles. The largest absolute Gasteiger partial charge is 0.306 e. The maximum atomic E-state index is 6.15. The van der Waals surface area contributed by atoms with E-state index in [1.807, 2.05) is 6.07 Å². The number of nitrogens with zero attached hydrogens (tertiary/aromatic N) is 3. The molecule has 1 fully saturated rings. The van der Waals surface area contributed by atoms with Crippen LogP contribution < -0.4 is 0 Å². The van der Waals surface area contributed by atoms with Crippen molar-refractivity contribution in [2.75, 3.05) is 33.7 Å². The first-order valence-electron chi connectivity index (χ1n) is 6.72. The average molecular weight is 302 g/mol. The van der Waals surface area contributed by atoms with Crippen molar-refractivity contribution < 1.29 is 0 Å². The first-order valence-corrected chi connectivity index (χ1v) is 7.48. The Hall–Kier alpha value is -0.350. The SMILES string of the molecule is CN1CCC(CN(C)Cc2nc(Cl)ccc2Cl)CC1. The number of hydrogen-bond acceptors (Lipinski definition) is 3. The molecule has 0 unspecified atom stereocenters. The van der Waals surface area contributed by atoms with Crippen LogP contribution in [-0.4, -0.2) is 48.5 Å². The molecule has 1 aromatic heterocycles. The third kappa shape index (κ3) is 4.60. The highest BCUT2D eigenvalue weighted by atomic mass is 35.5. The number of rotatable bonds is 4. The molecule has 2 heterocycles. The van der Waals surface area contributed by atoms with Crippen LogP contribution in [0, 0.1) is 5.92 Å². The van der Waals surface area contributed by atoms with Crippen molar-refractivity contribution in [2.24, 2.45) is 5.92 Å². The quantitative estimate of drug-likeness (QED) is 0.796. The molecule has 0 aliphatic carbocycles. The number of halogens is 2. The Morgan fingerprint density at radius 2 is 2.00 bits per heavy atom. The fourth-order valence-electron chi connectivity index (χ4n) is 2.57. The molecule has 0 radical (unpaired) electrons. The molecule has 19 heavy (non-hydrogen) atoms. The summed E-state index contributed by atoms with van der Waals surface area (Å²) in [6.45, 7) is 4.26. The molecule has 0 bridgehead atoms. The standard InChI is InChI=1S/C14H21Cl2N3/c1-18-7-5-11(6-8-18)9-19(2)10-13-12(15)3-4-14(16)17-13/h3-4,11H,5-10H2,1-2H3. The molecule has 0 N–H and O–H groups in total. The molecular formula is C14H21Cl2N3. The summed E-state index contributed by atoms with van der Waals surface area (Å²) in [5.41, 5.74) is 0.865. The van der Waals surface area contributed by atoms with Crippen LogP contribution in [0.4, 0.5) is 0 Å². The van der Waals surface area contributed by atoms with Crippen LogP contribution in [0.15, 0.2) is 12.1 Å². The van der Waals surface area contributed by atoms with Crippen LogP contribution in [0.25, 0.3) is 0 Å². The monoisotopic (exact) mass is 301 g/mol. The summed E-state index contributed by atoms with van der Waals surface area (Å²) in [5.74, 6) is 0.777. The highest BCUT2D eigenvalue weighted by Crippen LogP contribution is 2.20. The van der Waals surface area contributed by atoms with Crippen molar-refractivity contribution in [3.63, 3.8) is 0 Å². The Morgan fingerprint density at radius 3 is 2.68 bits per heavy atom. The molecule has 2 rings (SSSR count). The van der Waals surface area contributed by atoms with E-state index in [1.165, 1.54) is 25.9 Å². The number of pyridine rings is 1. The fraction of sp³-hybridized carbons (Fsp3) is 0.643. The number of aromatic nitrogens is 1. The summed E-state index contributed by atoms with van der Waals surface area (Å²) in [4.78, 5) is 8.99. The van der Waals surface area contributed by atoms with E-state index in [0.717, 1.165) is 24.7 Å². The molecule has 0 saturated carbocycles. The van der Waals surface area contributed by atoms with Gasteiger partial charge in [0.05, 0.1) is 10.7 Å². The molecule has 5 heteroatoms. The number of hydrogen-bond donors (Lipinski definition) is 0. The van der Waals surface area contributed by atoms with Gasteiger partial charge in [0.2, 0.25) is 0 Å². The zero-order valence-electron chi connectivity index (χ0n) is 11.6. The van der Waals surface area contributed by atoms with Crippen molar-refractivity contribution in [3.05, 3.63) is 28.0 Å². The van der Waals surface area contributed by atoms with E-state index in [1.54, 1.807) is 6.07 Å². The molecular weight excluding hydrogens is 281 g/mol. The lowest BCUT2D eigenvalue weighted by Crippen LogP contribution is -2.35. The second kappa shape index (κ2) is 6.89. The number of likely N-dealkylation sites (tertiary alicyclic amines) is 1. The maximum absolute atomic E-state index is 6.15. The third-order valence-corrected chi connectivity index (χ3v) is 4.27. The van der Waals surface area contributed by atoms with E-state index in [9.17, 15) is 0 Å². The van der Waals surface area contributed by atoms with Crippen LogP contribution in [0.5, 0.6) is 0 Å². The van der Waals surface area contributed by atoms with Gasteiger partial charge in [0, 0.05) is 13.1 Å². The lowest BCUT2D eigenvalue weighted by molar-refractivity contribution is 0.172. The van der Waals surface area contributed by atoms with E-state index in [4.69, 9.17) is 23.2 Å². The van der Waals surface area contributed by atoms with Crippen LogP contribution in [-0.2, 0) is 6.54 Å². The number of piperidine rings is 1. The van der Waals surface area contributed by atoms with Gasteiger partial charge in [-0.3, -0.25) is 0 Å². The Kier molecular flexibility index (Phi) is 5.46. The predicted molar refractivity (Wildman–Crippen MR) is 80.8 cm³/mol. The van der Waals surface area contributed by atoms with Gasteiger partial charge < -0.3 is 9.80 Å². The first-order chi connectivity index (χ1) is 9.04. The van der Waals surface area contributed by atoms with Gasteiger partial charge in [-0.2, -0.15) is 0 Å². The van der Waals surface area contributed by atoms with Gasteiger partial charge >= 0.3 is 0 Å². The summed E-state index contributed by atoms with van der Waals surface area (Å²) >= 11 is 12.1. The summed E-state index contributed by atoms with van der Waals surface area (Å²) in [7, 11) is 4.31. The first kappa shape index (κ1) is 15.0. The van der Waals surface area contributed by atoms with Crippen LogP contribution >= 0.6 is 23.2 Å². The second-order valence-electron chi connectivity index (χ2n) is 5.51. The van der Waals surface area contributed by atoms with Crippen LogP contribution in [0.2, 0.25) is 10.2 Å². The van der Waals surface area contributed by atoms with Gasteiger partial charge in [0.15, 0.2) is 0 Å². The topological polar surface area (TPSA) is 19.4 Å². The zero-order valence-corrected chi connectivity index (χ0v) is 13.1. The molecule has 1 saturated heterocycles. The van der Waals surface area contributed by atoms with Crippen LogP contribution in [0.1, 0.15) is 18.5 Å². The van der Waals surface area contributed by atoms with Gasteiger partial charge in [-0.1, -0.05) is 23.2 Å². The highest BCUT2D eigenvalue weighted by Gasteiger charge is 2.18. The van der Waals surface area contributed by atoms with Gasteiger partial charge in [0.25, 0.3) is 0 Å². The molecule has 0 spiro atoms. The van der Waals surface area contributed by atoms with E-state index < -0.39 is 0 Å². The van der Waals surface area contributed by atoms with E-state index in [2.05, 4.69) is 28.9 Å². The van der Waals surface area contributed by atoms with Crippen LogP contribution in [0.3, 0.4) is 0 Å². The molecule has 0 aromatic carbocycles. The van der Waals surface area contributed by atoms with Gasteiger partial charge in [-0.25, -0.2) is 4.98 Å². The van der Waals surface area contributed by atoms with E-state index in [0.29, 0.717) is 10.2 Å². The lowest BCUT2D eigenvalue weighted by Gasteiger charge is -2.31. The normalized spacial score (nSPS) is 18.2.